The van der Waals surface area contributed by atoms with E-state index in [9.17, 15) is 246 Å². The molecule has 2 aromatic rings. The maximum absolute atomic E-state index is 12.3. The van der Waals surface area contributed by atoms with Crippen LogP contribution < -0.4 is 30.6 Å². The second kappa shape index (κ2) is 50.6. The summed E-state index contributed by atoms with van der Waals surface area (Å²) in [5.41, 5.74) is -35.2. The highest BCUT2D eigenvalue weighted by Crippen LogP contribution is 2.48. The van der Waals surface area contributed by atoms with Crippen LogP contribution in [0.1, 0.15) is 82.5 Å². The molecule has 2 rings (SSSR count). The summed E-state index contributed by atoms with van der Waals surface area (Å²) in [6.45, 7) is 7.00. The van der Waals surface area contributed by atoms with E-state index in [2.05, 4.69) is 70.0 Å². The molecule has 0 N–H and O–H groups in total. The third-order valence-electron chi connectivity index (χ3n) is 14.2. The molecule has 0 aliphatic heterocycles. The van der Waals surface area contributed by atoms with Crippen LogP contribution in [0.15, 0.2) is 85.0 Å². The van der Waals surface area contributed by atoms with Gasteiger partial charge >= 0.3 is 146 Å². The van der Waals surface area contributed by atoms with Crippen LogP contribution in [0.4, 0.5) is 158 Å². The fourth-order valence-electron chi connectivity index (χ4n) is 7.09. The van der Waals surface area contributed by atoms with Crippen molar-refractivity contribution in [2.75, 3.05) is 66.1 Å². The summed E-state index contributed by atoms with van der Waals surface area (Å²) >= 11 is 0. The SMILES string of the molecule is C=C(C)C(=O)OC(C)COC(=O)C([O-])(C(F)(F)F)C(F)(F)F.C=C(C)C(=O)OCC(C)COC(=O)C([O-])(C(F)(F)F)C(F)(F)F.CC(=O)OC(C)COC(=O)C([O-])(C(F)(F)F)C(F)(F)F.CC(=O)OCC(C)COC(=O)C([O-])(C(F)(F)F)C(F)(F)F.O=C(OCCCOC(=O)C([O-])(C(F)(F)F)C(F)(F)F)c1ccccc1.O=C(OCCOC(=O)C([O-])(C(F)(F)F)C(F)(F)F)c1ccccc1. The Morgan fingerprint density at radius 3 is 0.696 bits per heavy atom. The number of halogens is 36. The predicted octanol–water partition coefficient (Wildman–Crippen LogP) is 8.04. The van der Waals surface area contributed by atoms with Gasteiger partial charge in [0.25, 0.3) is 0 Å². The first-order valence-electron chi connectivity index (χ1n) is 34.6. The molecule has 30 nitrogen and oxygen atoms in total. The van der Waals surface area contributed by atoms with Crippen LogP contribution in [0.3, 0.4) is 0 Å². The summed E-state index contributed by atoms with van der Waals surface area (Å²) in [4.78, 5) is 131. The van der Waals surface area contributed by atoms with Gasteiger partial charge in [-0.15, -0.1) is 0 Å². The molecule has 0 heterocycles. The van der Waals surface area contributed by atoms with E-state index in [0.29, 0.717) is 0 Å². The highest BCUT2D eigenvalue weighted by atomic mass is 19.5. The number of alkyl halides is 36. The van der Waals surface area contributed by atoms with E-state index in [4.69, 9.17) is 0 Å². The quantitative estimate of drug-likeness (QED) is 0.0226. The number of benzene rings is 2. The third-order valence-corrected chi connectivity index (χ3v) is 14.2. The first kappa shape index (κ1) is 130. The molecule has 0 amide bonds. The minimum Gasteiger partial charge on any atom is -0.828 e. The van der Waals surface area contributed by atoms with E-state index in [0.717, 1.165) is 27.7 Å². The Hall–Kier alpha value is -11.2. The van der Waals surface area contributed by atoms with E-state index in [1.807, 2.05) is 0 Å². The molecule has 66 heteroatoms. The smallest absolute Gasteiger partial charge is 0.399 e. The van der Waals surface area contributed by atoms with Crippen molar-refractivity contribution in [1.82, 2.24) is 0 Å². The van der Waals surface area contributed by atoms with Crippen molar-refractivity contribution >= 4 is 71.6 Å². The lowest BCUT2D eigenvalue weighted by Gasteiger charge is -2.40. The van der Waals surface area contributed by atoms with E-state index in [1.165, 1.54) is 64.1 Å². The molecule has 135 heavy (non-hydrogen) atoms. The maximum Gasteiger partial charge on any atom is 0.399 e. The lowest BCUT2D eigenvalue weighted by molar-refractivity contribution is -0.574. The molecule has 0 aromatic heterocycles. The number of hydrogen-bond acceptors (Lipinski definition) is 30. The van der Waals surface area contributed by atoms with Gasteiger partial charge < -0.3 is 87.5 Å². The van der Waals surface area contributed by atoms with Gasteiger partial charge in [0.15, 0.2) is 33.6 Å². The van der Waals surface area contributed by atoms with Crippen molar-refractivity contribution in [2.45, 2.75) is 182 Å². The molecule has 0 spiro atoms. The average molecular weight is 2060 g/mol. The lowest BCUT2D eigenvalue weighted by atomic mass is 10.0. The van der Waals surface area contributed by atoms with Gasteiger partial charge in [-0.05, 0) is 52.0 Å². The van der Waals surface area contributed by atoms with Crippen molar-refractivity contribution < 1.29 is 303 Å². The van der Waals surface area contributed by atoms with Crippen LogP contribution in [0.2, 0.25) is 0 Å². The van der Waals surface area contributed by atoms with Crippen molar-refractivity contribution in [3.8, 4) is 0 Å². The van der Waals surface area contributed by atoms with Crippen LogP contribution in [0.5, 0.6) is 0 Å². The molecule has 0 saturated heterocycles. The number of carbonyl (C=O) groups excluding carboxylic acids is 12. The molecule has 0 aliphatic carbocycles. The molecule has 0 aliphatic rings. The van der Waals surface area contributed by atoms with Crippen molar-refractivity contribution in [2.24, 2.45) is 11.8 Å². The topological polar surface area (TPSA) is 454 Å². The Morgan fingerprint density at radius 1 is 0.259 bits per heavy atom. The Bertz CT molecular complexity index is 4130. The van der Waals surface area contributed by atoms with Gasteiger partial charge in [-0.3, -0.25) is 38.4 Å². The zero-order chi connectivity index (χ0) is 108. The van der Waals surface area contributed by atoms with E-state index in [1.54, 1.807) is 24.3 Å². The highest BCUT2D eigenvalue weighted by Gasteiger charge is 2.73. The van der Waals surface area contributed by atoms with Crippen LogP contribution in [-0.4, -0.2) is 258 Å². The van der Waals surface area contributed by atoms with Gasteiger partial charge in [-0.2, -0.15) is 158 Å². The highest BCUT2D eigenvalue weighted by molar-refractivity contribution is 5.90. The van der Waals surface area contributed by atoms with Gasteiger partial charge in [-0.1, -0.05) is 63.4 Å². The van der Waals surface area contributed by atoms with Crippen LogP contribution >= 0.6 is 0 Å². The first-order chi connectivity index (χ1) is 60.1. The lowest BCUT2D eigenvalue weighted by Crippen LogP contribution is -2.71. The minimum absolute atomic E-state index is 0.0157. The summed E-state index contributed by atoms with van der Waals surface area (Å²) in [6.07, 6.45) is -80.2. The molecule has 4 unspecified atom stereocenters. The largest absolute Gasteiger partial charge is 0.828 e. The van der Waals surface area contributed by atoms with Gasteiger partial charge in [0.05, 0.1) is 50.8 Å². The zero-order valence-corrected chi connectivity index (χ0v) is 68.1. The number of ether oxygens (including phenoxy) is 12. The molecular weight excluding hydrogens is 1990 g/mol. The Kier molecular flexibility index (Phi) is 48.7. The van der Waals surface area contributed by atoms with Gasteiger partial charge in [0.2, 0.25) is 0 Å². The number of rotatable bonds is 31. The number of carbonyl (C=O) groups is 12. The second-order valence-electron chi connectivity index (χ2n) is 25.9. The van der Waals surface area contributed by atoms with Gasteiger partial charge in [-0.25, -0.2) is 19.2 Å². The van der Waals surface area contributed by atoms with E-state index < -0.39 is 276 Å². The molecule has 0 bridgehead atoms. The monoisotopic (exact) mass is 2060 g/mol. The average Bonchev–Trinajstić information content (AvgIpc) is 0.786. The van der Waals surface area contributed by atoms with Crippen LogP contribution in [0, 0.1) is 11.8 Å². The number of hydrogen-bond donors (Lipinski definition) is 0. The Labute approximate surface area is 729 Å². The number of esters is 12. The standard InChI is InChI=1S/C14H11F6O5.C13H9F6O5.C12H13F6O5.C11H11F6O5.C10H11F6O5.C9H9F6O5/c15-13(16,17)12(23,14(18,19)20)11(22)25-8-4-7-24-10(21)9-5-2-1-3-6-9;14-12(15,16)11(22,13(17,18)19)10(21)24-7-6-23-9(20)8-4-2-1-3-5-8;1-6(2)8(19)22-4-7(3)5-23-9(20)10(21,11(13,14)15)12(16,17)18;1-5(2)7(18)22-6(3)4-21-8(19)9(20,10(12,13)14)11(15,16)17;1-5(3-20-6(2)17)4-21-7(18)8(19,9(11,12)13)10(14,15)16;1-4(20-5(2)16)3-19-6(17)7(18,8(10,11)12)9(13,14)15/h1-3,5-6H,4,7-8H2;1-5H,6-7H2;7H,1,4-5H2,2-3H3;6H,1,4H2,2-3H3;5H,3-4H2,1-2H3;4H,3H2,1-2H3/q6*-1. The van der Waals surface area contributed by atoms with Crippen molar-refractivity contribution in [1.29, 1.82) is 0 Å². The Balaban J connectivity index is -0.000000764. The van der Waals surface area contributed by atoms with Gasteiger partial charge in [0.1, 0.15) is 38.6 Å². The minimum atomic E-state index is -6.44. The molecule has 0 fully saturated rings. The molecule has 4 atom stereocenters. The third kappa shape index (κ3) is 37.8. The van der Waals surface area contributed by atoms with Crippen LogP contribution in [-0.2, 0) is 105 Å². The summed E-state index contributed by atoms with van der Waals surface area (Å²) in [5.74, 6) is -25.3. The van der Waals surface area contributed by atoms with E-state index in [-0.39, 0.29) is 22.3 Å². The summed E-state index contributed by atoms with van der Waals surface area (Å²) < 4.78 is 491. The molecule has 0 saturated carbocycles. The van der Waals surface area contributed by atoms with Crippen molar-refractivity contribution in [3.05, 3.63) is 96.1 Å². The van der Waals surface area contributed by atoms with Crippen molar-refractivity contribution in [3.63, 3.8) is 0 Å². The fraction of sp³-hybridized carbons (Fsp3) is 0.594. The van der Waals surface area contributed by atoms with Gasteiger partial charge in [0, 0.05) is 43.3 Å². The van der Waals surface area contributed by atoms with E-state index >= 15 is 0 Å². The summed E-state index contributed by atoms with van der Waals surface area (Å²) in [7, 11) is 0. The molecule has 778 valence electrons. The molecular formula is C69H64F36O30-6. The Morgan fingerprint density at radius 2 is 0.459 bits per heavy atom. The predicted molar refractivity (Wildman–Crippen MR) is 345 cm³/mol. The fourth-order valence-corrected chi connectivity index (χ4v) is 7.09. The first-order valence-corrected chi connectivity index (χ1v) is 34.6. The zero-order valence-electron chi connectivity index (χ0n) is 68.1. The summed E-state index contributed by atoms with van der Waals surface area (Å²) in [6, 6.07) is 14.8. The normalized spacial score (nSPS) is 13.7. The van der Waals surface area contributed by atoms with Crippen LogP contribution in [0.25, 0.3) is 0 Å². The second-order valence-corrected chi connectivity index (χ2v) is 25.9. The molecule has 0 radical (unpaired) electrons. The molecule has 2 aromatic carbocycles. The summed E-state index contributed by atoms with van der Waals surface area (Å²) in [5, 5.41) is 65.6. The maximum atomic E-state index is 12.3.